The largest absolute Gasteiger partial charge is 0.495 e. The Hall–Kier alpha value is -1.73. The highest BCUT2D eigenvalue weighted by molar-refractivity contribution is 9.10. The highest BCUT2D eigenvalue weighted by atomic mass is 79.9. The van der Waals surface area contributed by atoms with Crippen LogP contribution in [0, 0.1) is 16.4 Å². The minimum Gasteiger partial charge on any atom is -0.495 e. The van der Waals surface area contributed by atoms with Crippen molar-refractivity contribution in [3.05, 3.63) is 51.2 Å². The van der Waals surface area contributed by atoms with Gasteiger partial charge in [-0.25, -0.2) is 8.78 Å². The fourth-order valence-corrected chi connectivity index (χ4v) is 2.85. The van der Waals surface area contributed by atoms with E-state index in [-0.39, 0.29) is 10.3 Å². The number of hydrogen-bond donors (Lipinski definition) is 1. The molecule has 108 valence electrons. The molecule has 1 heterocycles. The van der Waals surface area contributed by atoms with Crippen LogP contribution in [0.25, 0.3) is 16.7 Å². The zero-order chi connectivity index (χ0) is 15.1. The Morgan fingerprint density at radius 2 is 2.00 bits per heavy atom. The molecule has 0 amide bonds. The predicted octanol–water partition coefficient (Wildman–Crippen LogP) is 4.74. The SMILES string of the molecule is COc1ccc(Br)cc1-n1c(=S)[nH]c2ccc(F)c(F)c21. The molecule has 3 nitrogen and oxygen atoms in total. The Balaban J connectivity index is 2.46. The van der Waals surface area contributed by atoms with Crippen LogP contribution >= 0.6 is 28.1 Å². The molecule has 0 spiro atoms. The smallest absolute Gasteiger partial charge is 0.184 e. The molecule has 0 aliphatic heterocycles. The average molecular weight is 371 g/mol. The zero-order valence-corrected chi connectivity index (χ0v) is 13.2. The van der Waals surface area contributed by atoms with Crippen LogP contribution in [0.2, 0.25) is 0 Å². The summed E-state index contributed by atoms with van der Waals surface area (Å²) in [5.41, 5.74) is 0.991. The fourth-order valence-electron chi connectivity index (χ4n) is 2.20. The van der Waals surface area contributed by atoms with Gasteiger partial charge in [0.05, 0.1) is 18.3 Å². The van der Waals surface area contributed by atoms with Crippen molar-refractivity contribution in [2.75, 3.05) is 7.11 Å². The summed E-state index contributed by atoms with van der Waals surface area (Å²) in [4.78, 5) is 2.86. The third-order valence-electron chi connectivity index (χ3n) is 3.12. The number of halogens is 3. The molecule has 2 aromatic carbocycles. The van der Waals surface area contributed by atoms with Crippen molar-refractivity contribution in [3.8, 4) is 11.4 Å². The molecule has 0 saturated carbocycles. The summed E-state index contributed by atoms with van der Waals surface area (Å²) in [5.74, 6) is -1.39. The summed E-state index contributed by atoms with van der Waals surface area (Å²) < 4.78 is 35.4. The predicted molar refractivity (Wildman–Crippen MR) is 82.6 cm³/mol. The zero-order valence-electron chi connectivity index (χ0n) is 10.8. The number of rotatable bonds is 2. The Kier molecular flexibility index (Phi) is 3.54. The third-order valence-corrected chi connectivity index (χ3v) is 3.90. The van der Waals surface area contributed by atoms with Crippen molar-refractivity contribution in [2.24, 2.45) is 0 Å². The summed E-state index contributed by atoms with van der Waals surface area (Å²) >= 11 is 8.59. The van der Waals surface area contributed by atoms with Gasteiger partial charge in [0.1, 0.15) is 11.3 Å². The standard InChI is InChI=1S/C14H9BrF2N2OS/c1-20-11-5-2-7(15)6-10(11)19-13-9(18-14(19)21)4-3-8(16)12(13)17/h2-6H,1H3,(H,18,21). The van der Waals surface area contributed by atoms with E-state index in [1.807, 2.05) is 0 Å². The quantitative estimate of drug-likeness (QED) is 0.660. The van der Waals surface area contributed by atoms with Crippen molar-refractivity contribution >= 4 is 39.2 Å². The Morgan fingerprint density at radius 3 is 2.71 bits per heavy atom. The van der Waals surface area contributed by atoms with E-state index in [1.54, 1.807) is 18.2 Å². The van der Waals surface area contributed by atoms with Gasteiger partial charge in [-0.15, -0.1) is 0 Å². The molecule has 0 fully saturated rings. The van der Waals surface area contributed by atoms with Gasteiger partial charge in [-0.05, 0) is 42.5 Å². The fraction of sp³-hybridized carbons (Fsp3) is 0.0714. The molecule has 0 atom stereocenters. The average Bonchev–Trinajstić information content (AvgIpc) is 2.80. The molecule has 21 heavy (non-hydrogen) atoms. The van der Waals surface area contributed by atoms with E-state index in [9.17, 15) is 8.78 Å². The second-order valence-corrected chi connectivity index (χ2v) is 5.64. The van der Waals surface area contributed by atoms with Crippen LogP contribution in [0.15, 0.2) is 34.8 Å². The van der Waals surface area contributed by atoms with Gasteiger partial charge in [0.15, 0.2) is 16.4 Å². The molecule has 1 aromatic heterocycles. The lowest BCUT2D eigenvalue weighted by molar-refractivity contribution is 0.413. The van der Waals surface area contributed by atoms with E-state index >= 15 is 0 Å². The maximum absolute atomic E-state index is 14.2. The summed E-state index contributed by atoms with van der Waals surface area (Å²) in [5, 5.41) is 0. The van der Waals surface area contributed by atoms with Gasteiger partial charge in [0, 0.05) is 4.47 Å². The minimum atomic E-state index is -0.957. The summed E-state index contributed by atoms with van der Waals surface area (Å²) in [6.45, 7) is 0. The third kappa shape index (κ3) is 2.26. The van der Waals surface area contributed by atoms with Crippen LogP contribution in [0.1, 0.15) is 0 Å². The first-order valence-corrected chi connectivity index (χ1v) is 7.15. The van der Waals surface area contributed by atoms with Crippen LogP contribution in [0.4, 0.5) is 8.78 Å². The van der Waals surface area contributed by atoms with Gasteiger partial charge in [-0.1, -0.05) is 15.9 Å². The lowest BCUT2D eigenvalue weighted by atomic mass is 10.2. The van der Waals surface area contributed by atoms with Crippen LogP contribution in [-0.2, 0) is 0 Å². The number of nitrogens with zero attached hydrogens (tertiary/aromatic N) is 1. The summed E-state index contributed by atoms with van der Waals surface area (Å²) in [6, 6.07) is 7.75. The van der Waals surface area contributed by atoms with Crippen molar-refractivity contribution in [3.63, 3.8) is 0 Å². The highest BCUT2D eigenvalue weighted by Crippen LogP contribution is 2.31. The van der Waals surface area contributed by atoms with Crippen LogP contribution < -0.4 is 4.74 Å². The molecule has 0 aliphatic rings. The maximum Gasteiger partial charge on any atom is 0.184 e. The van der Waals surface area contributed by atoms with Gasteiger partial charge in [-0.2, -0.15) is 0 Å². The first-order valence-electron chi connectivity index (χ1n) is 5.95. The number of hydrogen-bond acceptors (Lipinski definition) is 2. The number of imidazole rings is 1. The summed E-state index contributed by atoms with van der Waals surface area (Å²) in [6.07, 6.45) is 0. The van der Waals surface area contributed by atoms with Crippen molar-refractivity contribution in [1.82, 2.24) is 9.55 Å². The lowest BCUT2D eigenvalue weighted by Crippen LogP contribution is -2.00. The molecular weight excluding hydrogens is 362 g/mol. The van der Waals surface area contributed by atoms with E-state index in [1.165, 1.54) is 17.7 Å². The number of aromatic nitrogens is 2. The number of aromatic amines is 1. The van der Waals surface area contributed by atoms with Crippen LogP contribution in [0.5, 0.6) is 5.75 Å². The molecule has 3 rings (SSSR count). The van der Waals surface area contributed by atoms with Crippen molar-refractivity contribution in [2.45, 2.75) is 0 Å². The van der Waals surface area contributed by atoms with E-state index in [2.05, 4.69) is 20.9 Å². The van der Waals surface area contributed by atoms with E-state index < -0.39 is 11.6 Å². The van der Waals surface area contributed by atoms with Crippen molar-refractivity contribution in [1.29, 1.82) is 0 Å². The Bertz CT molecular complexity index is 904. The molecule has 0 radical (unpaired) electrons. The first-order chi connectivity index (χ1) is 10.0. The first kappa shape index (κ1) is 14.2. The maximum atomic E-state index is 14.2. The van der Waals surface area contributed by atoms with Gasteiger partial charge < -0.3 is 9.72 Å². The topological polar surface area (TPSA) is 29.9 Å². The molecule has 0 saturated heterocycles. The molecule has 7 heteroatoms. The Morgan fingerprint density at radius 1 is 1.24 bits per heavy atom. The number of ether oxygens (including phenoxy) is 1. The van der Waals surface area contributed by atoms with Crippen LogP contribution in [-0.4, -0.2) is 16.7 Å². The van der Waals surface area contributed by atoms with Gasteiger partial charge >= 0.3 is 0 Å². The van der Waals surface area contributed by atoms with Crippen LogP contribution in [0.3, 0.4) is 0 Å². The number of nitrogens with one attached hydrogen (secondary N) is 1. The van der Waals surface area contributed by atoms with E-state index in [0.29, 0.717) is 17.0 Å². The number of H-pyrrole nitrogens is 1. The van der Waals surface area contributed by atoms with Gasteiger partial charge in [0.25, 0.3) is 0 Å². The second kappa shape index (κ2) is 5.23. The van der Waals surface area contributed by atoms with E-state index in [0.717, 1.165) is 10.5 Å². The highest BCUT2D eigenvalue weighted by Gasteiger charge is 2.17. The lowest BCUT2D eigenvalue weighted by Gasteiger charge is -2.11. The second-order valence-electron chi connectivity index (χ2n) is 4.34. The molecule has 3 aromatic rings. The van der Waals surface area contributed by atoms with Gasteiger partial charge in [-0.3, -0.25) is 4.57 Å². The Labute approximate surface area is 132 Å². The van der Waals surface area contributed by atoms with E-state index in [4.69, 9.17) is 17.0 Å². The summed E-state index contributed by atoms with van der Waals surface area (Å²) in [7, 11) is 1.50. The molecular formula is C14H9BrF2N2OS. The normalized spacial score (nSPS) is 11.0. The van der Waals surface area contributed by atoms with Crippen molar-refractivity contribution < 1.29 is 13.5 Å². The monoisotopic (exact) mass is 370 g/mol. The number of methoxy groups -OCH3 is 1. The molecule has 0 aliphatic carbocycles. The molecule has 0 bridgehead atoms. The minimum absolute atomic E-state index is 0.0522. The molecule has 0 unspecified atom stereocenters. The van der Waals surface area contributed by atoms with Gasteiger partial charge in [0.2, 0.25) is 0 Å². The molecule has 1 N–H and O–H groups in total. The number of benzene rings is 2. The number of fused-ring (bicyclic) bond motifs is 1.